The smallest absolute Gasteiger partial charge is 0.151 e. The molecule has 0 aliphatic carbocycles. The molecule has 3 aromatic heterocycles. The molecule has 1 aromatic carbocycles. The SMILES string of the molecule is [2H]C([2H])([2H])N(c1ccc(-c2ccc(-c3cn[nH]c3)c3cn[nH]c23)nn1)C1CC2CCC(C1)N2. The molecule has 30 heavy (non-hydrogen) atoms. The Balaban J connectivity index is 1.34. The van der Waals surface area contributed by atoms with Gasteiger partial charge in [-0.1, -0.05) is 6.07 Å². The molecular weight excluding hydrogens is 376 g/mol. The van der Waals surface area contributed by atoms with Gasteiger partial charge in [-0.25, -0.2) is 0 Å². The quantitative estimate of drug-likeness (QED) is 0.484. The van der Waals surface area contributed by atoms with Crippen LogP contribution in [-0.2, 0) is 0 Å². The topological polar surface area (TPSA) is 98.4 Å². The number of hydrogen-bond acceptors (Lipinski definition) is 6. The van der Waals surface area contributed by atoms with Gasteiger partial charge in [0.25, 0.3) is 0 Å². The van der Waals surface area contributed by atoms with Gasteiger partial charge in [0.05, 0.1) is 23.6 Å². The second-order valence-corrected chi connectivity index (χ2v) is 8.22. The number of piperidine rings is 1. The van der Waals surface area contributed by atoms with E-state index < -0.39 is 6.98 Å². The zero-order valence-corrected chi connectivity index (χ0v) is 16.3. The zero-order valence-electron chi connectivity index (χ0n) is 19.3. The Morgan fingerprint density at radius 1 is 1.00 bits per heavy atom. The van der Waals surface area contributed by atoms with E-state index >= 15 is 0 Å². The van der Waals surface area contributed by atoms with Crippen LogP contribution in [0.3, 0.4) is 0 Å². The van der Waals surface area contributed by atoms with Gasteiger partial charge in [0.1, 0.15) is 0 Å². The summed E-state index contributed by atoms with van der Waals surface area (Å²) in [5.74, 6) is 0.390. The normalized spacial score (nSPS) is 25.1. The average molecular weight is 404 g/mol. The van der Waals surface area contributed by atoms with Gasteiger partial charge in [-0.3, -0.25) is 10.2 Å². The van der Waals surface area contributed by atoms with Gasteiger partial charge >= 0.3 is 0 Å². The highest BCUT2D eigenvalue weighted by molar-refractivity contribution is 6.01. The molecular formula is C22H24N8. The summed E-state index contributed by atoms with van der Waals surface area (Å²) in [6.07, 6.45) is 9.22. The Hall–Kier alpha value is -3.26. The van der Waals surface area contributed by atoms with Crippen LogP contribution in [0.4, 0.5) is 5.82 Å². The van der Waals surface area contributed by atoms with E-state index in [1.54, 1.807) is 18.5 Å². The number of rotatable bonds is 4. The molecule has 2 bridgehead atoms. The fraction of sp³-hybridized carbons (Fsp3) is 0.364. The molecule has 2 aliphatic rings. The van der Waals surface area contributed by atoms with E-state index in [1.165, 1.54) is 4.90 Å². The maximum atomic E-state index is 8.16. The summed E-state index contributed by atoms with van der Waals surface area (Å²) in [6, 6.07) is 8.27. The summed E-state index contributed by atoms with van der Waals surface area (Å²) in [7, 11) is 0. The van der Waals surface area contributed by atoms with Gasteiger partial charge in [-0.15, -0.1) is 10.2 Å². The predicted octanol–water partition coefficient (Wildman–Crippen LogP) is 3.13. The Morgan fingerprint density at radius 2 is 1.87 bits per heavy atom. The Kier molecular flexibility index (Phi) is 3.38. The third kappa shape index (κ3) is 2.87. The van der Waals surface area contributed by atoms with E-state index in [-0.39, 0.29) is 6.04 Å². The standard InChI is InChI=1S/C22H24N8/c1-30(16-8-14-2-3-15(9-16)26-14)21-7-6-20(27-28-21)18-5-4-17(13-10-23-24-11-13)19-12-25-29-22(18)19/h4-7,10-12,14-16,26H,2-3,8-9H2,1H3,(H,23,24)(H,25,29)/i1D3. The van der Waals surface area contributed by atoms with Crippen molar-refractivity contribution in [1.82, 2.24) is 35.9 Å². The molecule has 3 N–H and O–H groups in total. The highest BCUT2D eigenvalue weighted by atomic mass is 15.3. The van der Waals surface area contributed by atoms with Crippen LogP contribution in [0.5, 0.6) is 0 Å². The number of aromatic amines is 2. The molecule has 0 radical (unpaired) electrons. The van der Waals surface area contributed by atoms with Crippen LogP contribution >= 0.6 is 0 Å². The van der Waals surface area contributed by atoms with E-state index in [2.05, 4.69) is 35.9 Å². The number of H-pyrrole nitrogens is 2. The lowest BCUT2D eigenvalue weighted by Gasteiger charge is -2.36. The van der Waals surface area contributed by atoms with Crippen molar-refractivity contribution in [2.75, 3.05) is 11.9 Å². The van der Waals surface area contributed by atoms with Crippen molar-refractivity contribution in [3.63, 3.8) is 0 Å². The molecule has 2 atom stereocenters. The van der Waals surface area contributed by atoms with Crippen molar-refractivity contribution >= 4 is 16.7 Å². The first-order valence-corrected chi connectivity index (χ1v) is 10.3. The first-order chi connectivity index (χ1) is 16.0. The van der Waals surface area contributed by atoms with Gasteiger partial charge in [-0.2, -0.15) is 10.2 Å². The molecule has 2 unspecified atom stereocenters. The number of fused-ring (bicyclic) bond motifs is 3. The number of anilines is 1. The molecule has 8 heteroatoms. The minimum atomic E-state index is -2.28. The number of aromatic nitrogens is 6. The van der Waals surface area contributed by atoms with Crippen LogP contribution in [0, 0.1) is 0 Å². The van der Waals surface area contributed by atoms with Crippen molar-refractivity contribution in [3.8, 4) is 22.4 Å². The van der Waals surface area contributed by atoms with Crippen LogP contribution in [-0.4, -0.2) is 55.7 Å². The van der Waals surface area contributed by atoms with Crippen molar-refractivity contribution in [3.05, 3.63) is 42.9 Å². The minimum Gasteiger partial charge on any atom is -0.355 e. The summed E-state index contributed by atoms with van der Waals surface area (Å²) in [5, 5.41) is 27.5. The van der Waals surface area contributed by atoms with Gasteiger partial charge in [0, 0.05) is 51.9 Å². The molecule has 4 aromatic rings. The van der Waals surface area contributed by atoms with E-state index in [4.69, 9.17) is 4.11 Å². The fourth-order valence-electron chi connectivity index (χ4n) is 4.92. The zero-order chi connectivity index (χ0) is 22.6. The van der Waals surface area contributed by atoms with Crippen molar-refractivity contribution in [1.29, 1.82) is 0 Å². The van der Waals surface area contributed by atoms with E-state index in [0.29, 0.717) is 23.6 Å². The monoisotopic (exact) mass is 403 g/mol. The summed E-state index contributed by atoms with van der Waals surface area (Å²) in [6.45, 7) is -2.28. The Labute approximate surface area is 178 Å². The van der Waals surface area contributed by atoms with Gasteiger partial charge in [-0.05, 0) is 49.4 Å². The van der Waals surface area contributed by atoms with Crippen LogP contribution < -0.4 is 10.2 Å². The highest BCUT2D eigenvalue weighted by Crippen LogP contribution is 2.34. The van der Waals surface area contributed by atoms with Crippen molar-refractivity contribution < 1.29 is 4.11 Å². The fourth-order valence-corrected chi connectivity index (χ4v) is 4.92. The molecule has 8 nitrogen and oxygen atoms in total. The average Bonchev–Trinajstić information content (AvgIpc) is 3.54. The number of benzene rings is 1. The molecule has 5 heterocycles. The van der Waals surface area contributed by atoms with Crippen LogP contribution in [0.2, 0.25) is 0 Å². The van der Waals surface area contributed by atoms with E-state index in [1.807, 2.05) is 24.4 Å². The van der Waals surface area contributed by atoms with Crippen molar-refractivity contribution in [2.45, 2.75) is 43.8 Å². The Morgan fingerprint density at radius 3 is 2.60 bits per heavy atom. The van der Waals surface area contributed by atoms with E-state index in [9.17, 15) is 0 Å². The van der Waals surface area contributed by atoms with Crippen LogP contribution in [0.1, 0.15) is 29.8 Å². The molecule has 2 aliphatic heterocycles. The number of hydrogen-bond donors (Lipinski definition) is 3. The maximum Gasteiger partial charge on any atom is 0.151 e. The molecule has 0 saturated carbocycles. The van der Waals surface area contributed by atoms with E-state index in [0.717, 1.165) is 53.3 Å². The first kappa shape index (κ1) is 14.7. The molecule has 152 valence electrons. The summed E-state index contributed by atoms with van der Waals surface area (Å²) >= 11 is 0. The second-order valence-electron chi connectivity index (χ2n) is 8.22. The third-order valence-corrected chi connectivity index (χ3v) is 6.41. The molecule has 0 amide bonds. The van der Waals surface area contributed by atoms with Crippen LogP contribution in [0.15, 0.2) is 42.9 Å². The molecule has 0 spiro atoms. The first-order valence-electron chi connectivity index (χ1n) is 11.8. The van der Waals surface area contributed by atoms with Crippen LogP contribution in [0.25, 0.3) is 33.3 Å². The molecule has 2 fully saturated rings. The summed E-state index contributed by atoms with van der Waals surface area (Å²) in [5.41, 5.74) is 4.34. The van der Waals surface area contributed by atoms with Crippen molar-refractivity contribution in [2.24, 2.45) is 0 Å². The summed E-state index contributed by atoms with van der Waals surface area (Å²) in [4.78, 5) is 1.49. The lowest BCUT2D eigenvalue weighted by molar-refractivity contribution is 0.353. The second kappa shape index (κ2) is 6.91. The molecule has 6 rings (SSSR count). The number of nitrogens with zero attached hydrogens (tertiary/aromatic N) is 5. The predicted molar refractivity (Wildman–Crippen MR) is 116 cm³/mol. The third-order valence-electron chi connectivity index (χ3n) is 6.41. The summed E-state index contributed by atoms with van der Waals surface area (Å²) < 4.78 is 24.5. The van der Waals surface area contributed by atoms with Gasteiger partial charge in [0.15, 0.2) is 5.82 Å². The van der Waals surface area contributed by atoms with Gasteiger partial charge < -0.3 is 10.2 Å². The minimum absolute atomic E-state index is 0.0787. The lowest BCUT2D eigenvalue weighted by Crippen LogP contribution is -2.47. The van der Waals surface area contributed by atoms with Gasteiger partial charge in [0.2, 0.25) is 0 Å². The highest BCUT2D eigenvalue weighted by Gasteiger charge is 2.35. The largest absolute Gasteiger partial charge is 0.355 e. The number of nitrogens with one attached hydrogen (secondary N) is 3. The lowest BCUT2D eigenvalue weighted by atomic mass is 9.98. The Bertz CT molecular complexity index is 1250. The molecule has 2 saturated heterocycles. The maximum absolute atomic E-state index is 8.16.